The standard InChI is InChI=1S/C17H12BCl2NO/c19-18(20)21(15-7-2-1-3-8-15)12-14-11-10-13-6-4-5-9-16(13)17(14)22-18/h1-12H. The summed E-state index contributed by atoms with van der Waals surface area (Å²) in [5, 5.41) is -0.106. The van der Waals surface area contributed by atoms with Crippen LogP contribution < -0.4 is 4.65 Å². The van der Waals surface area contributed by atoms with Crippen molar-refractivity contribution in [3.05, 3.63) is 72.3 Å². The minimum absolute atomic E-state index is 0.732. The summed E-state index contributed by atoms with van der Waals surface area (Å²) in [6, 6.07) is 21.9. The third-order valence-electron chi connectivity index (χ3n) is 3.83. The molecule has 0 spiro atoms. The molecule has 0 fully saturated rings. The maximum absolute atomic E-state index is 6.50. The molecule has 0 N–H and O–H groups in total. The molecule has 1 heterocycles. The van der Waals surface area contributed by atoms with E-state index in [-0.39, 0.29) is 0 Å². The van der Waals surface area contributed by atoms with E-state index in [1.807, 2.05) is 66.9 Å². The van der Waals surface area contributed by atoms with Crippen LogP contribution in [0.25, 0.3) is 10.8 Å². The van der Waals surface area contributed by atoms with E-state index in [2.05, 4.69) is 6.07 Å². The van der Waals surface area contributed by atoms with E-state index in [1.165, 1.54) is 0 Å². The molecule has 2 nitrogen and oxygen atoms in total. The van der Waals surface area contributed by atoms with Gasteiger partial charge in [0.15, 0.2) is 5.69 Å². The first-order valence-corrected chi connectivity index (χ1v) is 7.93. The smallest absolute Gasteiger partial charge is 0.631 e. The van der Waals surface area contributed by atoms with Crippen LogP contribution in [0.2, 0.25) is 0 Å². The average molecular weight is 328 g/mol. The van der Waals surface area contributed by atoms with E-state index in [0.717, 1.165) is 27.8 Å². The average Bonchev–Trinajstić information content (AvgIpc) is 2.54. The molecule has 3 aromatic carbocycles. The van der Waals surface area contributed by atoms with Gasteiger partial charge in [0.2, 0.25) is 0 Å². The molecule has 1 aliphatic rings. The van der Waals surface area contributed by atoms with E-state index in [1.54, 1.807) is 4.49 Å². The summed E-state index contributed by atoms with van der Waals surface area (Å²) < 4.78 is 7.77. The third-order valence-corrected chi connectivity index (χ3v) is 4.42. The second kappa shape index (κ2) is 5.04. The van der Waals surface area contributed by atoms with Gasteiger partial charge in [-0.15, -0.1) is 0 Å². The SMILES string of the molecule is Cl[B-]1(Cl)Oc2c(ccc3ccccc23)C=[N+]1c1ccccc1. The molecule has 0 unspecified atom stereocenters. The summed E-state index contributed by atoms with van der Waals surface area (Å²) in [6.07, 6.45) is 1.95. The van der Waals surface area contributed by atoms with Gasteiger partial charge in [0, 0.05) is 17.5 Å². The summed E-state index contributed by atoms with van der Waals surface area (Å²) in [6.45, 7) is 0. The Bertz CT molecular complexity index is 894. The minimum atomic E-state index is -2.22. The highest BCUT2D eigenvalue weighted by molar-refractivity contribution is 7.39. The summed E-state index contributed by atoms with van der Waals surface area (Å²) in [5.74, 6) is 0.732. The number of halogens is 2. The Morgan fingerprint density at radius 3 is 2.36 bits per heavy atom. The molecule has 3 aromatic rings. The van der Waals surface area contributed by atoms with Crippen LogP contribution in [0.4, 0.5) is 5.69 Å². The highest BCUT2D eigenvalue weighted by atomic mass is 35.5. The first-order valence-electron chi connectivity index (χ1n) is 7.05. The van der Waals surface area contributed by atoms with Crippen LogP contribution in [0.15, 0.2) is 66.7 Å². The Labute approximate surface area is 138 Å². The lowest BCUT2D eigenvalue weighted by molar-refractivity contribution is -0.297. The van der Waals surface area contributed by atoms with Crippen molar-refractivity contribution in [1.82, 2.24) is 0 Å². The summed E-state index contributed by atoms with van der Waals surface area (Å²) >= 11 is 13.0. The minimum Gasteiger partial charge on any atom is -0.631 e. The third kappa shape index (κ3) is 2.18. The summed E-state index contributed by atoms with van der Waals surface area (Å²) in [7, 11) is 0. The highest BCUT2D eigenvalue weighted by Gasteiger charge is 2.42. The van der Waals surface area contributed by atoms with Crippen LogP contribution in [0.3, 0.4) is 0 Å². The van der Waals surface area contributed by atoms with E-state index < -0.39 is 5.31 Å². The second-order valence-corrected chi connectivity index (χ2v) is 6.66. The van der Waals surface area contributed by atoms with Gasteiger partial charge in [-0.1, -0.05) is 48.5 Å². The van der Waals surface area contributed by atoms with Crippen molar-refractivity contribution in [2.75, 3.05) is 0 Å². The molecule has 4 rings (SSSR count). The van der Waals surface area contributed by atoms with Crippen molar-refractivity contribution < 1.29 is 9.14 Å². The number of nitrogens with zero attached hydrogens (tertiary/aromatic N) is 1. The number of benzene rings is 3. The highest BCUT2D eigenvalue weighted by Crippen LogP contribution is 2.38. The fourth-order valence-electron chi connectivity index (χ4n) is 2.78. The van der Waals surface area contributed by atoms with Gasteiger partial charge in [0.1, 0.15) is 6.21 Å². The first kappa shape index (κ1) is 13.7. The monoisotopic (exact) mass is 327 g/mol. The predicted octanol–water partition coefficient (Wildman–Crippen LogP) is 4.91. The Kier molecular flexibility index (Phi) is 3.14. The zero-order valence-corrected chi connectivity index (χ0v) is 13.1. The van der Waals surface area contributed by atoms with Gasteiger partial charge in [-0.3, -0.25) is 0 Å². The number of hydrogen-bond donors (Lipinski definition) is 0. The first-order chi connectivity index (χ1) is 10.6. The molecule has 0 radical (unpaired) electrons. The van der Waals surface area contributed by atoms with Gasteiger partial charge in [-0.2, -0.15) is 0 Å². The Morgan fingerprint density at radius 1 is 0.818 bits per heavy atom. The van der Waals surface area contributed by atoms with Crippen LogP contribution in [-0.4, -0.2) is 16.0 Å². The zero-order chi connectivity index (χ0) is 15.2. The van der Waals surface area contributed by atoms with Crippen molar-refractivity contribution in [2.45, 2.75) is 0 Å². The van der Waals surface area contributed by atoms with E-state index in [0.29, 0.717) is 0 Å². The van der Waals surface area contributed by atoms with Crippen LogP contribution >= 0.6 is 22.9 Å². The molecule has 0 aromatic heterocycles. The van der Waals surface area contributed by atoms with Crippen molar-refractivity contribution in [3.63, 3.8) is 0 Å². The Hall–Kier alpha value is -1.97. The lowest BCUT2D eigenvalue weighted by Gasteiger charge is -2.32. The zero-order valence-electron chi connectivity index (χ0n) is 11.6. The van der Waals surface area contributed by atoms with Crippen LogP contribution in [0.5, 0.6) is 5.75 Å². The fraction of sp³-hybridized carbons (Fsp3) is 0. The van der Waals surface area contributed by atoms with E-state index >= 15 is 0 Å². The topological polar surface area (TPSA) is 12.2 Å². The van der Waals surface area contributed by atoms with Gasteiger partial charge in [-0.25, -0.2) is 22.9 Å². The number of fused-ring (bicyclic) bond motifs is 3. The van der Waals surface area contributed by atoms with Crippen molar-refractivity contribution in [1.29, 1.82) is 0 Å². The quantitative estimate of drug-likeness (QED) is 0.578. The van der Waals surface area contributed by atoms with Crippen molar-refractivity contribution in [2.24, 2.45) is 0 Å². The molecular weight excluding hydrogens is 316 g/mol. The second-order valence-electron chi connectivity index (χ2n) is 5.26. The van der Waals surface area contributed by atoms with Crippen LogP contribution in [-0.2, 0) is 0 Å². The predicted molar refractivity (Wildman–Crippen MR) is 93.6 cm³/mol. The largest absolute Gasteiger partial charge is 0.638 e. The van der Waals surface area contributed by atoms with Gasteiger partial charge >= 0.3 is 5.31 Å². The molecule has 0 bridgehead atoms. The van der Waals surface area contributed by atoms with Crippen LogP contribution in [0.1, 0.15) is 5.56 Å². The molecular formula is C17H12BCl2NO. The van der Waals surface area contributed by atoms with Crippen LogP contribution in [0, 0.1) is 0 Å². The van der Waals surface area contributed by atoms with Crippen molar-refractivity contribution in [3.8, 4) is 5.75 Å². The van der Waals surface area contributed by atoms with Gasteiger partial charge in [-0.05, 0) is 11.5 Å². The maximum atomic E-state index is 6.50. The molecule has 0 atom stereocenters. The van der Waals surface area contributed by atoms with Gasteiger partial charge in [0.25, 0.3) is 0 Å². The molecule has 0 aliphatic carbocycles. The molecule has 0 saturated heterocycles. The summed E-state index contributed by atoms with van der Waals surface area (Å²) in [5.41, 5.74) is 1.85. The normalized spacial score (nSPS) is 15.8. The number of para-hydroxylation sites is 1. The molecule has 1 aliphatic heterocycles. The Balaban J connectivity index is 1.96. The van der Waals surface area contributed by atoms with E-state index in [4.69, 9.17) is 27.6 Å². The lowest BCUT2D eigenvalue weighted by atomic mass is 10.0. The fourth-order valence-corrected chi connectivity index (χ4v) is 3.29. The van der Waals surface area contributed by atoms with Gasteiger partial charge in [0.05, 0.1) is 11.3 Å². The number of rotatable bonds is 1. The molecule has 22 heavy (non-hydrogen) atoms. The Morgan fingerprint density at radius 2 is 1.55 bits per heavy atom. The van der Waals surface area contributed by atoms with Crippen molar-refractivity contribution >= 4 is 50.9 Å². The van der Waals surface area contributed by atoms with E-state index in [9.17, 15) is 0 Å². The molecule has 0 amide bonds. The molecule has 5 heteroatoms. The maximum Gasteiger partial charge on any atom is 0.638 e. The number of hydrogen-bond acceptors (Lipinski definition) is 1. The molecule has 108 valence electrons. The van der Waals surface area contributed by atoms with Gasteiger partial charge < -0.3 is 9.14 Å². The molecule has 0 saturated carbocycles. The lowest BCUT2D eigenvalue weighted by Crippen LogP contribution is -2.44. The summed E-state index contributed by atoms with van der Waals surface area (Å²) in [4.78, 5) is 0.